The molecule has 2 rings (SSSR count). The molecule has 0 aliphatic heterocycles. The summed E-state index contributed by atoms with van der Waals surface area (Å²) in [5, 5.41) is 14.0. The normalized spacial score (nSPS) is 16.1. The second-order valence-electron chi connectivity index (χ2n) is 5.22. The average Bonchev–Trinajstić information content (AvgIpc) is 3.16. The zero-order valence-corrected chi connectivity index (χ0v) is 12.6. The number of aliphatic carboxylic acids is 1. The minimum absolute atomic E-state index is 0.113. The predicted octanol–water partition coefficient (Wildman–Crippen LogP) is 1.61. The highest BCUT2D eigenvalue weighted by molar-refractivity contribution is 7.10. The van der Waals surface area contributed by atoms with E-state index in [0.717, 1.165) is 17.7 Å². The van der Waals surface area contributed by atoms with E-state index < -0.39 is 12.0 Å². The third-order valence-corrected chi connectivity index (χ3v) is 4.63. The zero-order valence-electron chi connectivity index (χ0n) is 11.8. The van der Waals surface area contributed by atoms with Crippen molar-refractivity contribution in [1.82, 2.24) is 10.2 Å². The summed E-state index contributed by atoms with van der Waals surface area (Å²) in [5.74, 6) is -0.989. The van der Waals surface area contributed by atoms with Gasteiger partial charge < -0.3 is 10.4 Å². The van der Waals surface area contributed by atoms with Crippen molar-refractivity contribution in [3.8, 4) is 0 Å². The molecule has 1 aliphatic rings. The first-order chi connectivity index (χ1) is 9.49. The van der Waals surface area contributed by atoms with Gasteiger partial charge in [-0.25, -0.2) is 0 Å². The molecule has 1 aromatic heterocycles. The van der Waals surface area contributed by atoms with Crippen molar-refractivity contribution in [2.24, 2.45) is 0 Å². The fraction of sp³-hybridized carbons (Fsp3) is 0.571. The number of thiophene rings is 1. The molecule has 1 unspecified atom stereocenters. The summed E-state index contributed by atoms with van der Waals surface area (Å²) in [6.07, 6.45) is 1.96. The maximum Gasteiger partial charge on any atom is 0.320 e. The molecular formula is C14H20N2O3S. The van der Waals surface area contributed by atoms with Crippen LogP contribution in [0.5, 0.6) is 0 Å². The van der Waals surface area contributed by atoms with Crippen LogP contribution in [0, 0.1) is 6.92 Å². The van der Waals surface area contributed by atoms with Crippen molar-refractivity contribution in [2.75, 3.05) is 6.54 Å². The molecule has 5 nitrogen and oxygen atoms in total. The van der Waals surface area contributed by atoms with Crippen molar-refractivity contribution in [3.63, 3.8) is 0 Å². The van der Waals surface area contributed by atoms with E-state index in [2.05, 4.69) is 5.32 Å². The number of amides is 1. The molecule has 0 spiro atoms. The molecule has 1 atom stereocenters. The Kier molecular flexibility index (Phi) is 4.77. The lowest BCUT2D eigenvalue weighted by molar-refractivity contribution is -0.143. The fourth-order valence-corrected chi connectivity index (χ4v) is 2.96. The predicted molar refractivity (Wildman–Crippen MR) is 77.7 cm³/mol. The molecule has 1 saturated carbocycles. The number of carboxylic acids is 1. The van der Waals surface area contributed by atoms with Gasteiger partial charge in [0, 0.05) is 10.9 Å². The quantitative estimate of drug-likeness (QED) is 0.802. The van der Waals surface area contributed by atoms with Crippen LogP contribution in [0.2, 0.25) is 0 Å². The number of hydrogen-bond donors (Lipinski definition) is 2. The topological polar surface area (TPSA) is 69.6 Å². The van der Waals surface area contributed by atoms with Gasteiger partial charge in [0.05, 0.1) is 13.1 Å². The SMILES string of the molecule is Cc1ccsc1CNC(=O)CN(C1CC1)C(C)C(=O)O. The maximum absolute atomic E-state index is 12.0. The molecule has 6 heteroatoms. The lowest BCUT2D eigenvalue weighted by Gasteiger charge is -2.25. The van der Waals surface area contributed by atoms with E-state index in [1.165, 1.54) is 5.56 Å². The van der Waals surface area contributed by atoms with Crippen LogP contribution in [0.1, 0.15) is 30.2 Å². The van der Waals surface area contributed by atoms with Crippen LogP contribution in [0.3, 0.4) is 0 Å². The number of aryl methyl sites for hydroxylation is 1. The lowest BCUT2D eigenvalue weighted by atomic mass is 10.2. The van der Waals surface area contributed by atoms with Crippen molar-refractivity contribution in [2.45, 2.75) is 45.3 Å². The van der Waals surface area contributed by atoms with Gasteiger partial charge in [-0.05, 0) is 43.7 Å². The number of nitrogens with one attached hydrogen (secondary N) is 1. The summed E-state index contributed by atoms with van der Waals surface area (Å²) in [5.41, 5.74) is 1.17. The Morgan fingerprint density at radius 2 is 2.25 bits per heavy atom. The van der Waals surface area contributed by atoms with E-state index in [4.69, 9.17) is 5.11 Å². The highest BCUT2D eigenvalue weighted by Gasteiger charge is 2.36. The largest absolute Gasteiger partial charge is 0.480 e. The third kappa shape index (κ3) is 3.80. The number of hydrogen-bond acceptors (Lipinski definition) is 4. The number of carbonyl (C=O) groups is 2. The molecular weight excluding hydrogens is 276 g/mol. The summed E-state index contributed by atoms with van der Waals surface area (Å²) in [6.45, 7) is 4.32. The Morgan fingerprint density at radius 1 is 1.55 bits per heavy atom. The van der Waals surface area contributed by atoms with E-state index in [0.29, 0.717) is 6.54 Å². The maximum atomic E-state index is 12.0. The third-order valence-electron chi connectivity index (χ3n) is 3.61. The molecule has 1 aliphatic carbocycles. The lowest BCUT2D eigenvalue weighted by Crippen LogP contribution is -2.46. The number of carboxylic acid groups (broad SMARTS) is 1. The van der Waals surface area contributed by atoms with Gasteiger partial charge in [0.15, 0.2) is 0 Å². The summed E-state index contributed by atoms with van der Waals surface area (Å²) in [7, 11) is 0. The highest BCUT2D eigenvalue weighted by atomic mass is 32.1. The Morgan fingerprint density at radius 3 is 2.75 bits per heavy atom. The number of carbonyl (C=O) groups excluding carboxylic acids is 1. The van der Waals surface area contributed by atoms with Crippen LogP contribution in [-0.2, 0) is 16.1 Å². The fourth-order valence-electron chi connectivity index (χ4n) is 2.12. The van der Waals surface area contributed by atoms with Crippen molar-refractivity contribution in [1.29, 1.82) is 0 Å². The first kappa shape index (κ1) is 15.0. The molecule has 1 aromatic rings. The van der Waals surface area contributed by atoms with E-state index in [-0.39, 0.29) is 18.5 Å². The molecule has 0 bridgehead atoms. The molecule has 1 amide bonds. The minimum Gasteiger partial charge on any atom is -0.480 e. The van der Waals surface area contributed by atoms with Gasteiger partial charge in [0.25, 0.3) is 0 Å². The van der Waals surface area contributed by atoms with Crippen LogP contribution in [0.15, 0.2) is 11.4 Å². The van der Waals surface area contributed by atoms with Gasteiger partial charge in [0.1, 0.15) is 6.04 Å². The van der Waals surface area contributed by atoms with Crippen molar-refractivity contribution >= 4 is 23.2 Å². The van der Waals surface area contributed by atoms with Crippen LogP contribution in [-0.4, -0.2) is 40.5 Å². The number of nitrogens with zero attached hydrogens (tertiary/aromatic N) is 1. The van der Waals surface area contributed by atoms with Gasteiger partial charge in [0.2, 0.25) is 5.91 Å². The molecule has 0 radical (unpaired) electrons. The summed E-state index contributed by atoms with van der Waals surface area (Å²) in [4.78, 5) is 26.0. The highest BCUT2D eigenvalue weighted by Crippen LogP contribution is 2.28. The molecule has 0 aromatic carbocycles. The second-order valence-corrected chi connectivity index (χ2v) is 6.22. The van der Waals surface area contributed by atoms with Crippen LogP contribution >= 0.6 is 11.3 Å². The monoisotopic (exact) mass is 296 g/mol. The molecule has 1 heterocycles. The Balaban J connectivity index is 1.85. The van der Waals surface area contributed by atoms with Gasteiger partial charge >= 0.3 is 5.97 Å². The summed E-state index contributed by atoms with van der Waals surface area (Å²) >= 11 is 1.62. The van der Waals surface area contributed by atoms with E-state index >= 15 is 0 Å². The molecule has 2 N–H and O–H groups in total. The van der Waals surface area contributed by atoms with E-state index in [1.54, 1.807) is 23.2 Å². The summed E-state index contributed by atoms with van der Waals surface area (Å²) in [6, 6.07) is 1.65. The van der Waals surface area contributed by atoms with Crippen LogP contribution < -0.4 is 5.32 Å². The molecule has 1 fully saturated rings. The molecule has 20 heavy (non-hydrogen) atoms. The van der Waals surface area contributed by atoms with Gasteiger partial charge in [-0.15, -0.1) is 11.3 Å². The van der Waals surface area contributed by atoms with Gasteiger partial charge in [-0.1, -0.05) is 0 Å². The zero-order chi connectivity index (χ0) is 14.7. The summed E-state index contributed by atoms with van der Waals surface area (Å²) < 4.78 is 0. The van der Waals surface area contributed by atoms with Gasteiger partial charge in [-0.3, -0.25) is 14.5 Å². The molecule has 110 valence electrons. The minimum atomic E-state index is -0.876. The second kappa shape index (κ2) is 6.37. The smallest absolute Gasteiger partial charge is 0.320 e. The average molecular weight is 296 g/mol. The first-order valence-corrected chi connectivity index (χ1v) is 7.65. The van der Waals surface area contributed by atoms with Crippen molar-refractivity contribution in [3.05, 3.63) is 21.9 Å². The number of rotatable bonds is 7. The Bertz CT molecular complexity index is 496. The van der Waals surface area contributed by atoms with Gasteiger partial charge in [-0.2, -0.15) is 0 Å². The van der Waals surface area contributed by atoms with Crippen molar-refractivity contribution < 1.29 is 14.7 Å². The molecule has 0 saturated heterocycles. The Hall–Kier alpha value is -1.40. The standard InChI is InChI=1S/C14H20N2O3S/c1-9-5-6-20-12(9)7-15-13(17)8-16(11-3-4-11)10(2)14(18)19/h5-6,10-11H,3-4,7-8H2,1-2H3,(H,15,17)(H,18,19). The van der Waals surface area contributed by atoms with E-state index in [1.807, 2.05) is 18.4 Å². The Labute approximate surface area is 122 Å². The first-order valence-electron chi connectivity index (χ1n) is 6.77. The van der Waals surface area contributed by atoms with Crippen LogP contribution in [0.4, 0.5) is 0 Å². The van der Waals surface area contributed by atoms with E-state index in [9.17, 15) is 9.59 Å². The van der Waals surface area contributed by atoms with Crippen LogP contribution in [0.25, 0.3) is 0 Å².